The van der Waals surface area contributed by atoms with E-state index in [9.17, 15) is 10.1 Å². The topological polar surface area (TPSA) is 75.0 Å². The number of nitrogens with zero attached hydrogens (tertiary/aromatic N) is 2. The van der Waals surface area contributed by atoms with Crippen LogP contribution in [0.1, 0.15) is 18.1 Å². The molecule has 2 aromatic carbocycles. The molecule has 1 amide bonds. The highest BCUT2D eigenvalue weighted by atomic mass is 32.2. The Labute approximate surface area is 174 Å². The molecule has 0 fully saturated rings. The summed E-state index contributed by atoms with van der Waals surface area (Å²) in [7, 11) is 1.62. The molecular weight excluding hydrogens is 382 g/mol. The third-order valence-corrected chi connectivity index (χ3v) is 5.37. The highest BCUT2D eigenvalue weighted by molar-refractivity contribution is 8.00. The Morgan fingerprint density at radius 3 is 2.59 bits per heavy atom. The summed E-state index contributed by atoms with van der Waals surface area (Å²) in [6, 6.07) is 21.0. The zero-order chi connectivity index (χ0) is 20.6. The van der Waals surface area contributed by atoms with E-state index in [4.69, 9.17) is 4.74 Å². The third kappa shape index (κ3) is 5.15. The fourth-order valence-electron chi connectivity index (χ4n) is 2.83. The van der Waals surface area contributed by atoms with Gasteiger partial charge in [-0.25, -0.2) is 4.98 Å². The quantitative estimate of drug-likeness (QED) is 0.567. The molecule has 0 bridgehead atoms. The number of benzene rings is 2. The van der Waals surface area contributed by atoms with Gasteiger partial charge in [0.05, 0.1) is 24.1 Å². The lowest BCUT2D eigenvalue weighted by Gasteiger charge is -2.10. The lowest BCUT2D eigenvalue weighted by molar-refractivity contribution is -0.113. The summed E-state index contributed by atoms with van der Waals surface area (Å²) in [6.07, 6.45) is 0.841. The molecule has 0 aliphatic heterocycles. The standard InChI is InChI=1S/C23H21N3O2S/c1-3-16-6-4-5-7-20(16)25-22(27)15-29-23-18(14-24)10-13-21(26-23)17-8-11-19(28-2)12-9-17/h4-13H,3,15H2,1-2H3,(H,25,27). The van der Waals surface area contributed by atoms with Crippen LogP contribution < -0.4 is 10.1 Å². The van der Waals surface area contributed by atoms with Crippen LogP contribution in [0, 0.1) is 11.3 Å². The van der Waals surface area contributed by atoms with Crippen LogP contribution in [-0.2, 0) is 11.2 Å². The molecule has 0 aliphatic carbocycles. The predicted molar refractivity (Wildman–Crippen MR) is 116 cm³/mol. The number of nitrogens with one attached hydrogen (secondary N) is 1. The number of carbonyl (C=O) groups excluding carboxylic acids is 1. The van der Waals surface area contributed by atoms with E-state index in [0.717, 1.165) is 34.7 Å². The Kier molecular flexibility index (Phi) is 6.88. The number of hydrogen-bond acceptors (Lipinski definition) is 5. The van der Waals surface area contributed by atoms with Gasteiger partial charge in [-0.1, -0.05) is 36.9 Å². The molecule has 0 atom stereocenters. The lowest BCUT2D eigenvalue weighted by atomic mass is 10.1. The Morgan fingerprint density at radius 1 is 1.14 bits per heavy atom. The average Bonchev–Trinajstić information content (AvgIpc) is 2.78. The zero-order valence-electron chi connectivity index (χ0n) is 16.3. The second kappa shape index (κ2) is 9.76. The maximum Gasteiger partial charge on any atom is 0.234 e. The number of pyridine rings is 1. The van der Waals surface area contributed by atoms with Gasteiger partial charge in [0.25, 0.3) is 0 Å². The minimum Gasteiger partial charge on any atom is -0.497 e. The number of nitriles is 1. The molecule has 0 saturated carbocycles. The van der Waals surface area contributed by atoms with Crippen LogP contribution in [0.25, 0.3) is 11.3 Å². The first-order chi connectivity index (χ1) is 14.1. The van der Waals surface area contributed by atoms with Crippen LogP contribution in [0.3, 0.4) is 0 Å². The van der Waals surface area contributed by atoms with Crippen LogP contribution in [0.2, 0.25) is 0 Å². The second-order valence-corrected chi connectivity index (χ2v) is 7.20. The van der Waals surface area contributed by atoms with Crippen LogP contribution in [0.5, 0.6) is 5.75 Å². The van der Waals surface area contributed by atoms with Gasteiger partial charge in [-0.2, -0.15) is 5.26 Å². The molecule has 3 rings (SSSR count). The number of thioether (sulfide) groups is 1. The fourth-order valence-corrected chi connectivity index (χ4v) is 3.60. The number of carbonyl (C=O) groups is 1. The van der Waals surface area contributed by atoms with Gasteiger partial charge in [0.15, 0.2) is 0 Å². The molecule has 0 saturated heterocycles. The summed E-state index contributed by atoms with van der Waals surface area (Å²) in [6.45, 7) is 2.05. The number of methoxy groups -OCH3 is 1. The molecule has 1 heterocycles. The molecule has 0 unspecified atom stereocenters. The summed E-state index contributed by atoms with van der Waals surface area (Å²) < 4.78 is 5.18. The van der Waals surface area contributed by atoms with Gasteiger partial charge in [0.1, 0.15) is 16.8 Å². The first-order valence-corrected chi connectivity index (χ1v) is 10.2. The van der Waals surface area contributed by atoms with Crippen LogP contribution in [0.15, 0.2) is 65.7 Å². The molecule has 5 nitrogen and oxygen atoms in total. The predicted octanol–water partition coefficient (Wildman–Crippen LogP) is 4.92. The van der Waals surface area contributed by atoms with E-state index in [1.165, 1.54) is 11.8 Å². The minimum absolute atomic E-state index is 0.128. The summed E-state index contributed by atoms with van der Waals surface area (Å²) in [5.41, 5.74) is 4.02. The molecule has 6 heteroatoms. The van der Waals surface area contributed by atoms with Crippen molar-refractivity contribution in [3.63, 3.8) is 0 Å². The van der Waals surface area contributed by atoms with Crippen molar-refractivity contribution >= 4 is 23.4 Å². The molecule has 1 N–H and O–H groups in total. The largest absolute Gasteiger partial charge is 0.497 e. The van der Waals surface area contributed by atoms with Crippen molar-refractivity contribution in [2.75, 3.05) is 18.2 Å². The van der Waals surface area contributed by atoms with Gasteiger partial charge < -0.3 is 10.1 Å². The van der Waals surface area contributed by atoms with Gasteiger partial charge >= 0.3 is 0 Å². The maximum atomic E-state index is 12.4. The Hall–Kier alpha value is -3.30. The normalized spacial score (nSPS) is 10.2. The average molecular weight is 404 g/mol. The Morgan fingerprint density at radius 2 is 1.90 bits per heavy atom. The Balaban J connectivity index is 1.74. The van der Waals surface area contributed by atoms with Crippen molar-refractivity contribution < 1.29 is 9.53 Å². The van der Waals surface area contributed by atoms with Crippen molar-refractivity contribution in [3.05, 3.63) is 71.8 Å². The van der Waals surface area contributed by atoms with Crippen LogP contribution in [-0.4, -0.2) is 23.8 Å². The van der Waals surface area contributed by atoms with E-state index in [-0.39, 0.29) is 11.7 Å². The molecule has 0 radical (unpaired) electrons. The number of rotatable bonds is 7. The smallest absolute Gasteiger partial charge is 0.234 e. The van der Waals surface area contributed by atoms with Crippen molar-refractivity contribution in [2.24, 2.45) is 0 Å². The number of amides is 1. The number of aryl methyl sites for hydroxylation is 1. The summed E-state index contributed by atoms with van der Waals surface area (Å²) >= 11 is 1.26. The monoisotopic (exact) mass is 403 g/mol. The van der Waals surface area contributed by atoms with Crippen LogP contribution in [0.4, 0.5) is 5.69 Å². The summed E-state index contributed by atoms with van der Waals surface area (Å²) in [5, 5.41) is 12.9. The Bertz CT molecular complexity index is 1040. The van der Waals surface area contributed by atoms with E-state index in [2.05, 4.69) is 16.4 Å². The summed E-state index contributed by atoms with van der Waals surface area (Å²) in [5.74, 6) is 0.809. The highest BCUT2D eigenvalue weighted by Crippen LogP contribution is 2.27. The highest BCUT2D eigenvalue weighted by Gasteiger charge is 2.12. The SMILES string of the molecule is CCc1ccccc1NC(=O)CSc1nc(-c2ccc(OC)cc2)ccc1C#N. The zero-order valence-corrected chi connectivity index (χ0v) is 17.1. The molecule has 1 aromatic heterocycles. The van der Waals surface area contributed by atoms with Crippen molar-refractivity contribution in [1.29, 1.82) is 5.26 Å². The first kappa shape index (κ1) is 20.4. The lowest BCUT2D eigenvalue weighted by Crippen LogP contribution is -2.15. The third-order valence-electron chi connectivity index (χ3n) is 4.38. The number of aromatic nitrogens is 1. The molecule has 146 valence electrons. The molecule has 29 heavy (non-hydrogen) atoms. The van der Waals surface area contributed by atoms with E-state index in [0.29, 0.717) is 10.6 Å². The molecule has 0 spiro atoms. The minimum atomic E-state index is -0.128. The van der Waals surface area contributed by atoms with Gasteiger partial charge in [-0.3, -0.25) is 4.79 Å². The number of anilines is 1. The first-order valence-electron chi connectivity index (χ1n) is 9.20. The number of ether oxygens (including phenoxy) is 1. The van der Waals surface area contributed by atoms with Crippen LogP contribution >= 0.6 is 11.8 Å². The maximum absolute atomic E-state index is 12.4. The fraction of sp³-hybridized carbons (Fsp3) is 0.174. The molecule has 0 aliphatic rings. The van der Waals surface area contributed by atoms with Gasteiger partial charge in [-0.05, 0) is 54.4 Å². The molecular formula is C23H21N3O2S. The molecule has 3 aromatic rings. The summed E-state index contributed by atoms with van der Waals surface area (Å²) in [4.78, 5) is 17.0. The van der Waals surface area contributed by atoms with E-state index in [1.807, 2.05) is 61.5 Å². The number of hydrogen-bond donors (Lipinski definition) is 1. The van der Waals surface area contributed by atoms with Gasteiger partial charge in [-0.15, -0.1) is 0 Å². The van der Waals surface area contributed by atoms with Crippen molar-refractivity contribution in [3.8, 4) is 23.1 Å². The van der Waals surface area contributed by atoms with Crippen molar-refractivity contribution in [2.45, 2.75) is 18.4 Å². The second-order valence-electron chi connectivity index (χ2n) is 6.24. The van der Waals surface area contributed by atoms with E-state index in [1.54, 1.807) is 13.2 Å². The van der Waals surface area contributed by atoms with E-state index < -0.39 is 0 Å². The van der Waals surface area contributed by atoms with Gasteiger partial charge in [0.2, 0.25) is 5.91 Å². The number of para-hydroxylation sites is 1. The van der Waals surface area contributed by atoms with E-state index >= 15 is 0 Å². The van der Waals surface area contributed by atoms with Crippen molar-refractivity contribution in [1.82, 2.24) is 4.98 Å². The van der Waals surface area contributed by atoms with Gasteiger partial charge in [0, 0.05) is 11.3 Å².